The molecule has 15 heteroatoms. The molecule has 3 aromatic rings. The van der Waals surface area contributed by atoms with E-state index < -0.39 is 82.6 Å². The number of nitrogens with one attached hydrogen (secondary N) is 1. The number of para-hydroxylation sites is 1. The number of phenolic OH excluding ortho intramolecular Hbond substituents is 1. The van der Waals surface area contributed by atoms with Crippen molar-refractivity contribution < 1.29 is 24.9 Å². The van der Waals surface area contributed by atoms with Crippen LogP contribution in [0.3, 0.4) is 0 Å². The molecule has 6 N–H and O–H groups in total. The highest BCUT2D eigenvalue weighted by molar-refractivity contribution is 9.10. The second-order valence-electron chi connectivity index (χ2n) is 11.3. The summed E-state index contributed by atoms with van der Waals surface area (Å²) in [7, 11) is 1.11. The minimum absolute atomic E-state index is 0.0660. The molecule has 0 saturated carbocycles. The highest BCUT2D eigenvalue weighted by atomic mass is 79.9. The molecular formula is C33H21BrN4O10. The van der Waals surface area contributed by atoms with Crippen molar-refractivity contribution in [1.29, 1.82) is 0 Å². The fourth-order valence-electron chi connectivity index (χ4n) is 6.82. The Labute approximate surface area is 274 Å². The van der Waals surface area contributed by atoms with Crippen LogP contribution in [0, 0.1) is 10.4 Å². The highest BCUT2D eigenvalue weighted by Gasteiger charge is 2.53. The number of carbonyl (C=O) groups is 1. The van der Waals surface area contributed by atoms with Gasteiger partial charge in [0.2, 0.25) is 16.3 Å². The second kappa shape index (κ2) is 10.5. The highest BCUT2D eigenvalue weighted by Crippen LogP contribution is 2.56. The molecular weight excluding hydrogens is 692 g/mol. The van der Waals surface area contributed by atoms with Crippen LogP contribution in [0.5, 0.6) is 11.5 Å². The van der Waals surface area contributed by atoms with Crippen LogP contribution in [0.25, 0.3) is 22.3 Å². The predicted octanol–water partition coefficient (Wildman–Crippen LogP) is 0.195. The van der Waals surface area contributed by atoms with Gasteiger partial charge in [-0.25, -0.2) is 4.79 Å². The smallest absolute Gasteiger partial charge is 0.340 e. The van der Waals surface area contributed by atoms with Crippen molar-refractivity contribution in [3.63, 3.8) is 0 Å². The Hall–Kier alpha value is -6.09. The van der Waals surface area contributed by atoms with Gasteiger partial charge < -0.3 is 30.8 Å². The zero-order chi connectivity index (χ0) is 34.4. The molecule has 48 heavy (non-hydrogen) atoms. The van der Waals surface area contributed by atoms with Gasteiger partial charge in [0.15, 0.2) is 11.2 Å². The number of pyridine rings is 1. The first-order valence-corrected chi connectivity index (χ1v) is 15.0. The lowest BCUT2D eigenvalue weighted by atomic mass is 9.78. The number of hydrogen-bond acceptors (Lipinski definition) is 11. The molecule has 0 unspecified atom stereocenters. The second-order valence-corrected chi connectivity index (χ2v) is 12.0. The van der Waals surface area contributed by atoms with Gasteiger partial charge in [0, 0.05) is 21.5 Å². The van der Waals surface area contributed by atoms with Crippen molar-refractivity contribution in [2.24, 2.45) is 10.8 Å². The molecule has 1 atom stereocenters. The molecule has 1 heterocycles. The van der Waals surface area contributed by atoms with E-state index in [1.165, 1.54) is 12.3 Å². The fraction of sp³-hybridized carbons (Fsp3) is 0.121. The van der Waals surface area contributed by atoms with Gasteiger partial charge in [-0.05, 0) is 52.5 Å². The van der Waals surface area contributed by atoms with Gasteiger partial charge >= 0.3 is 6.03 Å². The molecule has 4 aliphatic rings. The molecule has 0 bridgehead atoms. The number of nitrogens with zero attached hydrogens (tertiary/aromatic N) is 2. The number of nitrogens with two attached hydrogens (primary N) is 1. The Morgan fingerprint density at radius 2 is 1.62 bits per heavy atom. The van der Waals surface area contributed by atoms with Crippen LogP contribution in [0.2, 0.25) is 0 Å². The number of aliphatic hydroxyl groups excluding tert-OH is 2. The normalized spacial score (nSPS) is 16.7. The third-order valence-corrected chi connectivity index (χ3v) is 9.80. The Morgan fingerprint density at radius 1 is 0.979 bits per heavy atom. The lowest BCUT2D eigenvalue weighted by Crippen LogP contribution is -2.51. The fourth-order valence-corrected chi connectivity index (χ4v) is 7.53. The number of aromatic nitrogens is 1. The zero-order valence-corrected chi connectivity index (χ0v) is 26.2. The summed E-state index contributed by atoms with van der Waals surface area (Å²) in [6, 6.07) is 9.64. The Kier molecular flexibility index (Phi) is 6.66. The number of methoxy groups -OCH3 is 1. The van der Waals surface area contributed by atoms with E-state index in [1.807, 2.05) is 0 Å². The molecule has 7 rings (SSSR count). The summed E-state index contributed by atoms with van der Waals surface area (Å²) in [5, 5.41) is 37.0. The predicted molar refractivity (Wildman–Crippen MR) is 177 cm³/mol. The molecule has 240 valence electrons. The standard InChI is InChI=1S/C33H21BrN4O10/c1-48-17-10-16(39)19-20(25(17)40)27(42)22-21(26(19)41)29(44)33(30(22)45)8-7-14-23(33)28(43)18-15(24(14)34)9-12(37-31(18)46)11-36-38(32(35)47)13-5-3-2-4-6-13/h2-6,9-11,43-45H,7-8H2,1H3,(H2,35,47)(H,37,46)/b36-11+/t33-/m0/s1. The van der Waals surface area contributed by atoms with E-state index >= 15 is 0 Å². The molecule has 0 radical (unpaired) electrons. The van der Waals surface area contributed by atoms with Crippen LogP contribution in [-0.4, -0.2) is 39.7 Å². The summed E-state index contributed by atoms with van der Waals surface area (Å²) in [5.74, 6) is -2.76. The van der Waals surface area contributed by atoms with Gasteiger partial charge in [0.25, 0.3) is 5.56 Å². The third-order valence-electron chi connectivity index (χ3n) is 8.90. The minimum Gasteiger partial charge on any atom is -0.510 e. The summed E-state index contributed by atoms with van der Waals surface area (Å²) < 4.78 is 5.19. The quantitative estimate of drug-likeness (QED) is 0.125. The number of fused-ring (bicyclic) bond motifs is 4. The third kappa shape index (κ3) is 3.87. The first kappa shape index (κ1) is 30.6. The Bertz CT molecular complexity index is 2810. The van der Waals surface area contributed by atoms with E-state index in [0.29, 0.717) is 11.3 Å². The van der Waals surface area contributed by atoms with Crippen LogP contribution < -0.4 is 53.2 Å². The average molecular weight is 713 g/mol. The van der Waals surface area contributed by atoms with Gasteiger partial charge in [-0.15, -0.1) is 0 Å². The molecule has 0 aliphatic heterocycles. The number of hydrazone groups is 1. The number of ether oxygens (including phenoxy) is 1. The van der Waals surface area contributed by atoms with Crippen molar-refractivity contribution >= 4 is 56.2 Å². The lowest BCUT2D eigenvalue weighted by Gasteiger charge is -2.27. The van der Waals surface area contributed by atoms with E-state index in [4.69, 9.17) is 10.5 Å². The summed E-state index contributed by atoms with van der Waals surface area (Å²) in [5.41, 5.74) is -1.07. The number of hydrogen-bond donors (Lipinski definition) is 5. The van der Waals surface area contributed by atoms with E-state index in [-0.39, 0.29) is 39.3 Å². The van der Waals surface area contributed by atoms with Crippen LogP contribution in [0.4, 0.5) is 10.5 Å². The maximum absolute atomic E-state index is 13.7. The number of amides is 2. The van der Waals surface area contributed by atoms with Gasteiger partial charge in [-0.1, -0.05) is 18.2 Å². The maximum Gasteiger partial charge on any atom is 0.340 e. The number of aromatic amines is 1. The number of aliphatic hydroxyl groups is 2. The van der Waals surface area contributed by atoms with E-state index in [0.717, 1.165) is 18.2 Å². The number of rotatable bonds is 4. The maximum atomic E-state index is 13.7. The van der Waals surface area contributed by atoms with Gasteiger partial charge in [0.05, 0.1) is 51.0 Å². The van der Waals surface area contributed by atoms with Crippen LogP contribution >= 0.6 is 15.9 Å². The number of H-pyrrole nitrogens is 1. The minimum atomic E-state index is -2.06. The summed E-state index contributed by atoms with van der Waals surface area (Å²) in [4.78, 5) is 81.3. The van der Waals surface area contributed by atoms with E-state index in [1.54, 1.807) is 30.3 Å². The van der Waals surface area contributed by atoms with Gasteiger partial charge in [0.1, 0.15) is 22.7 Å². The Morgan fingerprint density at radius 3 is 2.25 bits per heavy atom. The van der Waals surface area contributed by atoms with Crippen LogP contribution in [0.1, 0.15) is 23.2 Å². The van der Waals surface area contributed by atoms with Crippen molar-refractivity contribution in [2.45, 2.75) is 18.3 Å². The summed E-state index contributed by atoms with van der Waals surface area (Å²) >= 11 is 3.49. The summed E-state index contributed by atoms with van der Waals surface area (Å²) in [6.07, 6.45) is 1.08. The van der Waals surface area contributed by atoms with E-state index in [9.17, 15) is 44.1 Å². The molecule has 1 aromatic heterocycles. The SMILES string of the molecule is COc1cc(=O)c2c(=O)c3c(c(=O)c=2c1=O)=C(O)[C@]1(CCc2c1c(O)c1c(=O)[nH]c(/C=N/N(C(N)=O)c4ccccc4)cc1c2Br)C=3O. The van der Waals surface area contributed by atoms with Crippen LogP contribution in [-0.2, 0) is 11.8 Å². The molecule has 2 aromatic carbocycles. The van der Waals surface area contributed by atoms with Gasteiger partial charge in [-0.3, -0.25) is 24.0 Å². The number of carbonyl (C=O) groups excluding carboxylic acids is 1. The van der Waals surface area contributed by atoms with Crippen molar-refractivity contribution in [3.8, 4) is 11.5 Å². The number of urea groups is 1. The van der Waals surface area contributed by atoms with Crippen LogP contribution in [0.15, 0.2) is 76.0 Å². The first-order valence-electron chi connectivity index (χ1n) is 14.2. The summed E-state index contributed by atoms with van der Waals surface area (Å²) in [6.45, 7) is 0. The number of phenols is 1. The number of aromatic hydroxyl groups is 1. The number of anilines is 1. The number of primary amides is 1. The van der Waals surface area contributed by atoms with Crippen molar-refractivity contribution in [3.05, 3.63) is 136 Å². The van der Waals surface area contributed by atoms with Gasteiger partial charge in [-0.2, -0.15) is 10.1 Å². The van der Waals surface area contributed by atoms with Crippen molar-refractivity contribution in [1.82, 2.24) is 4.98 Å². The van der Waals surface area contributed by atoms with Crippen molar-refractivity contribution in [2.75, 3.05) is 12.1 Å². The largest absolute Gasteiger partial charge is 0.510 e. The average Bonchev–Trinajstić information content (AvgIpc) is 3.57. The topological polar surface area (TPSA) is 230 Å². The lowest BCUT2D eigenvalue weighted by molar-refractivity contribution is 0.254. The molecule has 0 saturated heterocycles. The first-order chi connectivity index (χ1) is 22.8. The molecule has 4 aliphatic carbocycles. The monoisotopic (exact) mass is 712 g/mol. The number of benzene rings is 2. The number of halogens is 1. The Balaban J connectivity index is 1.48. The van der Waals surface area contributed by atoms with E-state index in [2.05, 4.69) is 26.0 Å². The zero-order valence-electron chi connectivity index (χ0n) is 24.6. The molecule has 1 spiro atoms. The molecule has 14 nitrogen and oxygen atoms in total. The molecule has 2 amide bonds. The molecule has 0 fully saturated rings.